The summed E-state index contributed by atoms with van der Waals surface area (Å²) in [6.45, 7) is 2.03. The molecule has 1 aromatic carbocycles. The van der Waals surface area contributed by atoms with Crippen molar-refractivity contribution in [3.63, 3.8) is 0 Å². The van der Waals surface area contributed by atoms with Crippen LogP contribution in [-0.2, 0) is 16.0 Å². The predicted molar refractivity (Wildman–Crippen MR) is 106 cm³/mol. The number of carbonyl (C=O) groups is 1. The fraction of sp³-hybridized carbons (Fsp3) is 0.682. The molecule has 0 aromatic heterocycles. The minimum absolute atomic E-state index is 0.294. The quantitative estimate of drug-likeness (QED) is 0.582. The van der Waals surface area contributed by atoms with Crippen molar-refractivity contribution >= 4 is 5.91 Å². The highest BCUT2D eigenvalue weighted by Gasteiger charge is 2.44. The van der Waals surface area contributed by atoms with E-state index in [2.05, 4.69) is 0 Å². The van der Waals surface area contributed by atoms with Gasteiger partial charge in [0.05, 0.1) is 6.10 Å². The Kier molecular flexibility index (Phi) is 9.25. The van der Waals surface area contributed by atoms with E-state index in [1.807, 2.05) is 30.3 Å². The van der Waals surface area contributed by atoms with Gasteiger partial charge in [0.2, 0.25) is 0 Å². The Labute approximate surface area is 163 Å². The third kappa shape index (κ3) is 6.59. The molecular formula is C22H35NO4. The van der Waals surface area contributed by atoms with Crippen molar-refractivity contribution in [3.8, 4) is 0 Å². The molecule has 0 bridgehead atoms. The molecule has 5 nitrogen and oxygen atoms in total. The number of rotatable bonds is 11. The fourth-order valence-corrected chi connectivity index (χ4v) is 3.79. The smallest absolute Gasteiger partial charge is 0.257 e. The van der Waals surface area contributed by atoms with Crippen LogP contribution in [0, 0.1) is 0 Å². The van der Waals surface area contributed by atoms with E-state index < -0.39 is 11.7 Å². The monoisotopic (exact) mass is 377 g/mol. The van der Waals surface area contributed by atoms with Gasteiger partial charge in [0.25, 0.3) is 5.91 Å². The van der Waals surface area contributed by atoms with Crippen LogP contribution in [0.2, 0.25) is 0 Å². The van der Waals surface area contributed by atoms with Crippen molar-refractivity contribution < 1.29 is 19.7 Å². The number of aliphatic hydroxyl groups excluding tert-OH is 1. The first-order valence-electron chi connectivity index (χ1n) is 10.3. The molecule has 1 fully saturated rings. The lowest BCUT2D eigenvalue weighted by atomic mass is 9.85. The number of aryl methyl sites for hydroxylation is 1. The fourth-order valence-electron chi connectivity index (χ4n) is 3.79. The molecule has 0 aliphatic carbocycles. The number of aliphatic hydroxyl groups is 2. The highest BCUT2D eigenvalue weighted by molar-refractivity contribution is 5.85. The zero-order chi connectivity index (χ0) is 19.5. The van der Waals surface area contributed by atoms with Crippen molar-refractivity contribution in [2.75, 3.05) is 26.8 Å². The van der Waals surface area contributed by atoms with Crippen molar-refractivity contribution in [1.29, 1.82) is 0 Å². The molecule has 1 amide bonds. The molecule has 27 heavy (non-hydrogen) atoms. The van der Waals surface area contributed by atoms with Gasteiger partial charge in [-0.05, 0) is 56.9 Å². The van der Waals surface area contributed by atoms with Gasteiger partial charge >= 0.3 is 0 Å². The van der Waals surface area contributed by atoms with Gasteiger partial charge in [0.1, 0.15) is 0 Å². The van der Waals surface area contributed by atoms with E-state index in [4.69, 9.17) is 4.74 Å². The van der Waals surface area contributed by atoms with Crippen LogP contribution in [-0.4, -0.2) is 59.5 Å². The van der Waals surface area contributed by atoms with Gasteiger partial charge in [-0.3, -0.25) is 4.79 Å². The van der Waals surface area contributed by atoms with E-state index in [1.165, 1.54) is 0 Å². The third-order valence-corrected chi connectivity index (χ3v) is 5.52. The minimum atomic E-state index is -1.70. The summed E-state index contributed by atoms with van der Waals surface area (Å²) in [4.78, 5) is 14.8. The Morgan fingerprint density at radius 2 is 1.85 bits per heavy atom. The van der Waals surface area contributed by atoms with E-state index in [0.717, 1.165) is 37.7 Å². The molecule has 1 saturated heterocycles. The first-order valence-corrected chi connectivity index (χ1v) is 10.3. The molecular weight excluding hydrogens is 342 g/mol. The number of amides is 1. The molecule has 1 heterocycles. The second kappa shape index (κ2) is 11.4. The summed E-state index contributed by atoms with van der Waals surface area (Å²) in [5.74, 6) is -0.297. The van der Waals surface area contributed by atoms with Gasteiger partial charge in [0.15, 0.2) is 5.60 Å². The summed E-state index contributed by atoms with van der Waals surface area (Å²) in [5, 5.41) is 22.1. The van der Waals surface area contributed by atoms with Gasteiger partial charge in [-0.15, -0.1) is 0 Å². The Morgan fingerprint density at radius 3 is 2.52 bits per heavy atom. The maximum absolute atomic E-state index is 13.1. The summed E-state index contributed by atoms with van der Waals surface area (Å²) in [7, 11) is 1.67. The molecule has 1 aliphatic heterocycles. The number of hydrogen-bond acceptors (Lipinski definition) is 4. The summed E-state index contributed by atoms with van der Waals surface area (Å²) in [5.41, 5.74) is -0.594. The number of methoxy groups -OCH3 is 1. The molecule has 0 radical (unpaired) electrons. The average Bonchev–Trinajstić information content (AvgIpc) is 2.72. The van der Waals surface area contributed by atoms with Crippen molar-refractivity contribution in [1.82, 2.24) is 4.90 Å². The zero-order valence-electron chi connectivity index (χ0n) is 16.6. The standard InChI is InChI=1S/C22H35NO4/c1-27-18-10-3-7-15-22(26,21(25)23-16-8-4-9-17-23)20(24)14-13-19-11-5-2-6-12-19/h2,5-6,11-12,20,24,26H,3-4,7-10,13-18H2,1H3. The van der Waals surface area contributed by atoms with E-state index in [1.54, 1.807) is 12.0 Å². The molecule has 2 atom stereocenters. The number of benzene rings is 1. The summed E-state index contributed by atoms with van der Waals surface area (Å²) >= 11 is 0. The van der Waals surface area contributed by atoms with Gasteiger partial charge < -0.3 is 19.8 Å². The van der Waals surface area contributed by atoms with Crippen LogP contribution in [0.5, 0.6) is 0 Å². The van der Waals surface area contributed by atoms with Gasteiger partial charge in [-0.2, -0.15) is 0 Å². The largest absolute Gasteiger partial charge is 0.390 e. The lowest BCUT2D eigenvalue weighted by Crippen LogP contribution is -2.57. The predicted octanol–water partition coefficient (Wildman–Crippen LogP) is 2.93. The molecule has 2 rings (SSSR count). The van der Waals surface area contributed by atoms with Crippen LogP contribution >= 0.6 is 0 Å². The van der Waals surface area contributed by atoms with E-state index in [-0.39, 0.29) is 5.91 Å². The lowest BCUT2D eigenvalue weighted by Gasteiger charge is -2.38. The Bertz CT molecular complexity index is 545. The summed E-state index contributed by atoms with van der Waals surface area (Å²) < 4.78 is 5.06. The van der Waals surface area contributed by atoms with E-state index in [9.17, 15) is 15.0 Å². The molecule has 1 aromatic rings. The molecule has 1 aliphatic rings. The number of hydrogen-bond donors (Lipinski definition) is 2. The van der Waals surface area contributed by atoms with Crippen LogP contribution in [0.4, 0.5) is 0 Å². The third-order valence-electron chi connectivity index (χ3n) is 5.52. The SMILES string of the molecule is COCCCCCC(O)(C(=O)N1CCCCC1)C(O)CCc1ccccc1. The zero-order valence-corrected chi connectivity index (χ0v) is 16.6. The maximum atomic E-state index is 13.1. The van der Waals surface area contributed by atoms with Crippen LogP contribution in [0.15, 0.2) is 30.3 Å². The van der Waals surface area contributed by atoms with Crippen LogP contribution < -0.4 is 0 Å². The molecule has 0 spiro atoms. The topological polar surface area (TPSA) is 70.0 Å². The Morgan fingerprint density at radius 1 is 1.15 bits per heavy atom. The normalized spacial score (nSPS) is 18.1. The number of likely N-dealkylation sites (tertiary alicyclic amines) is 1. The second-order valence-corrected chi connectivity index (χ2v) is 7.62. The van der Waals surface area contributed by atoms with Gasteiger partial charge in [0, 0.05) is 26.8 Å². The molecule has 5 heteroatoms. The van der Waals surface area contributed by atoms with Crippen LogP contribution in [0.1, 0.15) is 56.9 Å². The highest BCUT2D eigenvalue weighted by atomic mass is 16.5. The number of piperidine rings is 1. The summed E-state index contributed by atoms with van der Waals surface area (Å²) in [6.07, 6.45) is 5.76. The van der Waals surface area contributed by atoms with Crippen molar-refractivity contribution in [3.05, 3.63) is 35.9 Å². The van der Waals surface area contributed by atoms with Crippen LogP contribution in [0.25, 0.3) is 0 Å². The second-order valence-electron chi connectivity index (χ2n) is 7.62. The minimum Gasteiger partial charge on any atom is -0.390 e. The van der Waals surface area contributed by atoms with E-state index in [0.29, 0.717) is 45.4 Å². The Balaban J connectivity index is 2.00. The Hall–Kier alpha value is -1.43. The molecule has 2 unspecified atom stereocenters. The lowest BCUT2D eigenvalue weighted by molar-refractivity contribution is -0.167. The first kappa shape index (κ1) is 21.9. The number of unbranched alkanes of at least 4 members (excludes halogenated alkanes) is 2. The first-order chi connectivity index (χ1) is 13.1. The number of carbonyl (C=O) groups excluding carboxylic acids is 1. The van der Waals surface area contributed by atoms with Crippen molar-refractivity contribution in [2.45, 2.75) is 69.5 Å². The highest BCUT2D eigenvalue weighted by Crippen LogP contribution is 2.27. The van der Waals surface area contributed by atoms with Crippen molar-refractivity contribution in [2.24, 2.45) is 0 Å². The van der Waals surface area contributed by atoms with Crippen LogP contribution in [0.3, 0.4) is 0 Å². The number of nitrogens with zero attached hydrogens (tertiary/aromatic N) is 1. The number of ether oxygens (including phenoxy) is 1. The molecule has 2 N–H and O–H groups in total. The van der Waals surface area contributed by atoms with E-state index >= 15 is 0 Å². The van der Waals surface area contributed by atoms with Gasteiger partial charge in [-0.25, -0.2) is 0 Å². The molecule has 0 saturated carbocycles. The molecule has 152 valence electrons. The maximum Gasteiger partial charge on any atom is 0.257 e. The summed E-state index contributed by atoms with van der Waals surface area (Å²) in [6, 6.07) is 9.88. The average molecular weight is 378 g/mol. The van der Waals surface area contributed by atoms with Gasteiger partial charge in [-0.1, -0.05) is 36.8 Å².